The number of hydrogen-bond donors (Lipinski definition) is 1. The molecule has 1 aliphatic heterocycles. The second kappa shape index (κ2) is 10.1. The van der Waals surface area contributed by atoms with Crippen LogP contribution in [-0.2, 0) is 16.6 Å². The summed E-state index contributed by atoms with van der Waals surface area (Å²) < 4.78 is 12.1. The van der Waals surface area contributed by atoms with Crippen molar-refractivity contribution in [2.24, 2.45) is 12.0 Å². The van der Waals surface area contributed by atoms with Crippen LogP contribution in [0.3, 0.4) is 0 Å². The molecular weight excluding hydrogens is 442 g/mol. The molecule has 0 spiro atoms. The molecule has 3 aromatic rings. The van der Waals surface area contributed by atoms with E-state index in [4.69, 9.17) is 9.26 Å². The van der Waals surface area contributed by atoms with Crippen molar-refractivity contribution in [3.8, 4) is 5.75 Å². The molecule has 0 atom stereocenters. The summed E-state index contributed by atoms with van der Waals surface area (Å²) in [5, 5.41) is 6.70. The van der Waals surface area contributed by atoms with Crippen molar-refractivity contribution >= 4 is 46.4 Å². The lowest BCUT2D eigenvalue weighted by molar-refractivity contribution is -0.739. The van der Waals surface area contributed by atoms with Gasteiger partial charge in [-0.15, -0.1) is 0 Å². The van der Waals surface area contributed by atoms with Crippen LogP contribution in [-0.4, -0.2) is 34.6 Å². The van der Waals surface area contributed by atoms with Crippen LogP contribution in [0.2, 0.25) is 0 Å². The molecule has 4 rings (SSSR count). The van der Waals surface area contributed by atoms with Crippen LogP contribution in [0.1, 0.15) is 12.5 Å². The number of para-hydroxylation sites is 2. The molecule has 9 nitrogen and oxygen atoms in total. The predicted octanol–water partition coefficient (Wildman–Crippen LogP) is 3.01. The van der Waals surface area contributed by atoms with Gasteiger partial charge in [-0.25, -0.2) is 4.99 Å². The molecule has 1 N–H and O–H groups in total. The number of nitrogens with zero attached hydrogens (tertiary/aromatic N) is 4. The maximum atomic E-state index is 13.3. The Bertz CT molecular complexity index is 1220. The summed E-state index contributed by atoms with van der Waals surface area (Å²) >= 11 is 1.16. The second-order valence-corrected chi connectivity index (χ2v) is 7.89. The number of amidine groups is 1. The van der Waals surface area contributed by atoms with E-state index in [1.807, 2.05) is 61.5 Å². The summed E-state index contributed by atoms with van der Waals surface area (Å²) in [6.45, 7) is 2.41. The van der Waals surface area contributed by atoms with Crippen LogP contribution in [0.15, 0.2) is 76.0 Å². The van der Waals surface area contributed by atoms with E-state index in [2.05, 4.69) is 15.6 Å². The zero-order valence-electron chi connectivity index (χ0n) is 18.1. The summed E-state index contributed by atoms with van der Waals surface area (Å²) in [4.78, 5) is 31.7. The van der Waals surface area contributed by atoms with Crippen LogP contribution in [0.5, 0.6) is 5.75 Å². The molecule has 0 saturated heterocycles. The number of carbonyl (C=O) groups excluding carboxylic acids is 2. The van der Waals surface area contributed by atoms with Gasteiger partial charge in [0.2, 0.25) is 5.91 Å². The minimum absolute atomic E-state index is 0.0304. The fraction of sp³-hybridized carbons (Fsp3) is 0.174. The van der Waals surface area contributed by atoms with E-state index in [1.54, 1.807) is 19.3 Å². The minimum Gasteiger partial charge on any atom is -0.493 e. The van der Waals surface area contributed by atoms with Gasteiger partial charge >= 0.3 is 5.88 Å². The first-order valence-corrected chi connectivity index (χ1v) is 11.2. The highest BCUT2D eigenvalue weighted by molar-refractivity contribution is 8.14. The summed E-state index contributed by atoms with van der Waals surface area (Å²) in [6.07, 6.45) is 3.25. The molecular formula is C23H22N5O4S+. The molecule has 2 aromatic carbocycles. The van der Waals surface area contributed by atoms with Crippen molar-refractivity contribution in [3.63, 3.8) is 0 Å². The zero-order chi connectivity index (χ0) is 23.2. The molecule has 0 fully saturated rings. The van der Waals surface area contributed by atoms with E-state index in [0.717, 1.165) is 17.3 Å². The van der Waals surface area contributed by atoms with Crippen LogP contribution < -0.4 is 19.6 Å². The molecule has 2 heterocycles. The van der Waals surface area contributed by atoms with Gasteiger partial charge in [0.1, 0.15) is 11.4 Å². The number of benzene rings is 2. The second-order valence-electron chi connectivity index (χ2n) is 6.95. The smallest absolute Gasteiger partial charge is 0.302 e. The van der Waals surface area contributed by atoms with Crippen molar-refractivity contribution in [1.29, 1.82) is 0 Å². The van der Waals surface area contributed by atoms with Gasteiger partial charge in [-0.2, -0.15) is 0 Å². The van der Waals surface area contributed by atoms with Crippen LogP contribution >= 0.6 is 11.8 Å². The Hall–Kier alpha value is -3.92. The summed E-state index contributed by atoms with van der Waals surface area (Å²) in [5.74, 6) is 0.350. The molecule has 10 heteroatoms. The number of carbonyl (C=O) groups is 2. The predicted molar refractivity (Wildman–Crippen MR) is 126 cm³/mol. The summed E-state index contributed by atoms with van der Waals surface area (Å²) in [5.41, 5.74) is 1.68. The topological polar surface area (TPSA) is 101 Å². The number of hydrogen-bond acceptors (Lipinski definition) is 7. The normalized spacial score (nSPS) is 14.5. The van der Waals surface area contributed by atoms with E-state index < -0.39 is 0 Å². The number of thioether (sulfide) groups is 1. The molecule has 2 amide bonds. The molecule has 0 saturated carbocycles. The monoisotopic (exact) mass is 464 g/mol. The molecule has 33 heavy (non-hydrogen) atoms. The number of aromatic nitrogens is 2. The molecule has 168 valence electrons. The number of ether oxygens (including phenoxy) is 1. The third-order valence-electron chi connectivity index (χ3n) is 4.52. The van der Waals surface area contributed by atoms with Crippen LogP contribution in [0.25, 0.3) is 6.08 Å². The Morgan fingerprint density at radius 3 is 2.70 bits per heavy atom. The van der Waals surface area contributed by atoms with Gasteiger partial charge in [0, 0.05) is 5.56 Å². The van der Waals surface area contributed by atoms with Crippen molar-refractivity contribution in [2.45, 2.75) is 6.92 Å². The average Bonchev–Trinajstić information content (AvgIpc) is 3.36. The lowest BCUT2D eigenvalue weighted by Gasteiger charge is -2.17. The fourth-order valence-corrected chi connectivity index (χ4v) is 3.93. The molecule has 1 aliphatic rings. The lowest BCUT2D eigenvalue weighted by Crippen LogP contribution is -2.31. The molecule has 0 aliphatic carbocycles. The fourth-order valence-electron chi connectivity index (χ4n) is 3.12. The number of aryl methyl sites for hydroxylation is 1. The lowest BCUT2D eigenvalue weighted by atomic mass is 10.1. The van der Waals surface area contributed by atoms with E-state index in [0.29, 0.717) is 23.2 Å². The quantitative estimate of drug-likeness (QED) is 0.426. The standard InChI is InChI=1S/C23H21N5O4S/c1-3-31-19-12-8-7-9-16(19)13-18-22(30)28(17-10-5-4-6-11-17)23(24-18)33-15-20(29)25-21-14-27(2)26-32-21/h4-14H,3,15H2,1-2H3/p+1/b18-13+. The van der Waals surface area contributed by atoms with Gasteiger partial charge in [0.15, 0.2) is 17.5 Å². The number of nitrogens with one attached hydrogen (secondary N) is 1. The molecule has 0 unspecified atom stereocenters. The van der Waals surface area contributed by atoms with E-state index >= 15 is 0 Å². The number of anilines is 2. The highest BCUT2D eigenvalue weighted by Gasteiger charge is 2.32. The third-order valence-corrected chi connectivity index (χ3v) is 5.46. The highest BCUT2D eigenvalue weighted by Crippen LogP contribution is 2.31. The maximum Gasteiger partial charge on any atom is 0.302 e. The van der Waals surface area contributed by atoms with Gasteiger partial charge in [-0.05, 0) is 31.2 Å². The van der Waals surface area contributed by atoms with Gasteiger partial charge in [0.25, 0.3) is 12.1 Å². The summed E-state index contributed by atoms with van der Waals surface area (Å²) in [7, 11) is 1.68. The zero-order valence-corrected chi connectivity index (χ0v) is 18.9. The average molecular weight is 465 g/mol. The first kappa shape index (κ1) is 22.3. The van der Waals surface area contributed by atoms with Crippen molar-refractivity contribution in [3.05, 3.63) is 72.1 Å². The van der Waals surface area contributed by atoms with Gasteiger partial charge in [-0.3, -0.25) is 24.3 Å². The van der Waals surface area contributed by atoms with E-state index in [-0.39, 0.29) is 29.1 Å². The van der Waals surface area contributed by atoms with E-state index in [1.165, 1.54) is 9.58 Å². The Morgan fingerprint density at radius 2 is 1.97 bits per heavy atom. The molecule has 0 bridgehead atoms. The molecule has 0 radical (unpaired) electrons. The van der Waals surface area contributed by atoms with Crippen LogP contribution in [0.4, 0.5) is 11.6 Å². The Balaban J connectivity index is 1.59. The Labute approximate surface area is 194 Å². The van der Waals surface area contributed by atoms with Gasteiger partial charge in [-0.1, -0.05) is 52.8 Å². The minimum atomic E-state index is -0.306. The van der Waals surface area contributed by atoms with Crippen molar-refractivity contribution < 1.29 is 23.5 Å². The molecule has 1 aromatic heterocycles. The van der Waals surface area contributed by atoms with Crippen LogP contribution in [0, 0.1) is 0 Å². The SMILES string of the molecule is CCOc1ccccc1/C=C1/N=C(SCC(=O)Nc2c[n+](C)no2)N(c2ccccc2)C1=O. The number of rotatable bonds is 7. The van der Waals surface area contributed by atoms with Gasteiger partial charge < -0.3 is 4.74 Å². The van der Waals surface area contributed by atoms with Gasteiger partial charge in [0.05, 0.1) is 18.0 Å². The Kier molecular flexibility index (Phi) is 6.84. The van der Waals surface area contributed by atoms with E-state index in [9.17, 15) is 9.59 Å². The Morgan fingerprint density at radius 1 is 1.21 bits per heavy atom. The first-order chi connectivity index (χ1) is 16.0. The van der Waals surface area contributed by atoms with Crippen molar-refractivity contribution in [2.75, 3.05) is 22.6 Å². The third kappa shape index (κ3) is 5.29. The largest absolute Gasteiger partial charge is 0.493 e. The maximum absolute atomic E-state index is 13.3. The first-order valence-electron chi connectivity index (χ1n) is 10.2. The van der Waals surface area contributed by atoms with Crippen molar-refractivity contribution in [1.82, 2.24) is 5.27 Å². The highest BCUT2D eigenvalue weighted by atomic mass is 32.2. The number of aliphatic imine (C=N–C) groups is 1. The number of amides is 2. The summed E-state index contributed by atoms with van der Waals surface area (Å²) in [6, 6.07) is 16.6.